The van der Waals surface area contributed by atoms with Gasteiger partial charge in [0.25, 0.3) is 0 Å². The molecule has 0 unspecified atom stereocenters. The molecule has 1 saturated heterocycles. The van der Waals surface area contributed by atoms with Crippen molar-refractivity contribution in [1.82, 2.24) is 4.90 Å². The van der Waals surface area contributed by atoms with Crippen molar-refractivity contribution in [1.29, 1.82) is 0 Å². The molecule has 0 spiro atoms. The van der Waals surface area contributed by atoms with E-state index in [1.807, 2.05) is 24.3 Å². The van der Waals surface area contributed by atoms with Crippen molar-refractivity contribution in [2.24, 2.45) is 0 Å². The van der Waals surface area contributed by atoms with E-state index in [1.54, 1.807) is 6.26 Å². The van der Waals surface area contributed by atoms with Crippen LogP contribution in [0.1, 0.15) is 12.2 Å². The highest BCUT2D eigenvalue weighted by Crippen LogP contribution is 2.19. The van der Waals surface area contributed by atoms with Gasteiger partial charge in [0.2, 0.25) is 5.91 Å². The van der Waals surface area contributed by atoms with Crippen LogP contribution in [0.15, 0.2) is 47.1 Å². The van der Waals surface area contributed by atoms with Gasteiger partial charge in [-0.05, 0) is 43.4 Å². The zero-order chi connectivity index (χ0) is 16.1. The first-order chi connectivity index (χ1) is 11.2. The number of amides is 1. The summed E-state index contributed by atoms with van der Waals surface area (Å²) in [5.74, 6) is 0.847. The summed E-state index contributed by atoms with van der Waals surface area (Å²) in [6, 6.07) is 11.8. The normalized spacial score (nSPS) is 15.6. The summed E-state index contributed by atoms with van der Waals surface area (Å²) in [6.07, 6.45) is 2.68. The lowest BCUT2D eigenvalue weighted by atomic mass is 10.2. The number of furan rings is 1. The molecular formula is C18H23N3O2. The molecule has 0 bridgehead atoms. The van der Waals surface area contributed by atoms with Crippen LogP contribution in [0, 0.1) is 0 Å². The topological polar surface area (TPSA) is 48.7 Å². The van der Waals surface area contributed by atoms with Gasteiger partial charge in [-0.2, -0.15) is 0 Å². The molecule has 3 rings (SSSR count). The fourth-order valence-corrected chi connectivity index (χ4v) is 2.74. The molecule has 5 heteroatoms. The zero-order valence-electron chi connectivity index (χ0n) is 13.5. The van der Waals surface area contributed by atoms with Crippen LogP contribution in [-0.2, 0) is 11.2 Å². The Hall–Kier alpha value is -2.27. The summed E-state index contributed by atoms with van der Waals surface area (Å²) in [6.45, 7) is 4.27. The van der Waals surface area contributed by atoms with Crippen molar-refractivity contribution in [2.45, 2.75) is 12.8 Å². The number of anilines is 2. The first-order valence-electron chi connectivity index (χ1n) is 8.06. The van der Waals surface area contributed by atoms with Crippen LogP contribution in [-0.4, -0.2) is 44.0 Å². The number of nitrogens with zero attached hydrogens (tertiary/aromatic N) is 2. The number of aryl methyl sites for hydroxylation is 1. The molecule has 0 saturated carbocycles. The van der Waals surface area contributed by atoms with Crippen LogP contribution in [0.25, 0.3) is 0 Å². The maximum atomic E-state index is 12.0. The van der Waals surface area contributed by atoms with Gasteiger partial charge >= 0.3 is 0 Å². The molecule has 23 heavy (non-hydrogen) atoms. The van der Waals surface area contributed by atoms with Crippen LogP contribution >= 0.6 is 0 Å². The predicted octanol–water partition coefficient (Wildman–Crippen LogP) is 2.60. The standard InChI is InChI=1S/C18H23N3O2/c1-20-10-12-21(13-11-20)16-6-4-15(5-7-16)19-18(22)9-8-17-3-2-14-23-17/h2-7,14H,8-13H2,1H3,(H,19,22). The van der Waals surface area contributed by atoms with Crippen molar-refractivity contribution in [3.8, 4) is 0 Å². The molecule has 1 N–H and O–H groups in total. The van der Waals surface area contributed by atoms with Gasteiger partial charge in [-0.3, -0.25) is 4.79 Å². The Morgan fingerprint density at radius 1 is 1.13 bits per heavy atom. The first kappa shape index (κ1) is 15.6. The molecule has 1 amide bonds. The third-order valence-corrected chi connectivity index (χ3v) is 4.20. The smallest absolute Gasteiger partial charge is 0.224 e. The molecule has 5 nitrogen and oxygen atoms in total. The van der Waals surface area contributed by atoms with Crippen molar-refractivity contribution < 1.29 is 9.21 Å². The Balaban J connectivity index is 1.50. The lowest BCUT2D eigenvalue weighted by molar-refractivity contribution is -0.116. The molecule has 1 aliphatic rings. The van der Waals surface area contributed by atoms with E-state index in [0.717, 1.165) is 37.6 Å². The molecule has 0 aliphatic carbocycles. The van der Waals surface area contributed by atoms with Gasteiger partial charge in [0.15, 0.2) is 0 Å². The van der Waals surface area contributed by atoms with E-state index < -0.39 is 0 Å². The minimum absolute atomic E-state index is 0.00810. The number of hydrogen-bond donors (Lipinski definition) is 1. The quantitative estimate of drug-likeness (QED) is 0.922. The molecule has 122 valence electrons. The highest BCUT2D eigenvalue weighted by molar-refractivity contribution is 5.91. The summed E-state index contributed by atoms with van der Waals surface area (Å²) in [4.78, 5) is 16.7. The summed E-state index contributed by atoms with van der Waals surface area (Å²) in [5.41, 5.74) is 2.05. The largest absolute Gasteiger partial charge is 0.469 e. The van der Waals surface area contributed by atoms with Crippen molar-refractivity contribution in [3.05, 3.63) is 48.4 Å². The third-order valence-electron chi connectivity index (χ3n) is 4.20. The van der Waals surface area contributed by atoms with Crippen LogP contribution in [0.3, 0.4) is 0 Å². The van der Waals surface area contributed by atoms with Gasteiger partial charge in [0.05, 0.1) is 6.26 Å². The van der Waals surface area contributed by atoms with E-state index in [0.29, 0.717) is 12.8 Å². The SMILES string of the molecule is CN1CCN(c2ccc(NC(=O)CCc3ccco3)cc2)CC1. The minimum Gasteiger partial charge on any atom is -0.469 e. The van der Waals surface area contributed by atoms with E-state index >= 15 is 0 Å². The van der Waals surface area contributed by atoms with E-state index in [-0.39, 0.29) is 5.91 Å². The second kappa shape index (κ2) is 7.33. The Kier molecular flexibility index (Phi) is 4.98. The summed E-state index contributed by atoms with van der Waals surface area (Å²) >= 11 is 0. The number of piperazine rings is 1. The third kappa shape index (κ3) is 4.36. The number of benzene rings is 1. The average Bonchev–Trinajstić information content (AvgIpc) is 3.08. The Morgan fingerprint density at radius 2 is 1.87 bits per heavy atom. The van der Waals surface area contributed by atoms with Gasteiger partial charge in [-0.25, -0.2) is 0 Å². The maximum Gasteiger partial charge on any atom is 0.224 e. The average molecular weight is 313 g/mol. The second-order valence-electron chi connectivity index (χ2n) is 5.96. The van der Waals surface area contributed by atoms with Gasteiger partial charge in [-0.15, -0.1) is 0 Å². The van der Waals surface area contributed by atoms with Crippen LogP contribution in [0.2, 0.25) is 0 Å². The number of rotatable bonds is 5. The van der Waals surface area contributed by atoms with E-state index in [1.165, 1.54) is 5.69 Å². The predicted molar refractivity (Wildman–Crippen MR) is 91.8 cm³/mol. The highest BCUT2D eigenvalue weighted by Gasteiger charge is 2.14. The molecule has 1 aromatic carbocycles. The van der Waals surface area contributed by atoms with E-state index in [2.05, 4.69) is 34.3 Å². The molecule has 0 radical (unpaired) electrons. The van der Waals surface area contributed by atoms with Crippen molar-refractivity contribution >= 4 is 17.3 Å². The number of carbonyl (C=O) groups is 1. The van der Waals surface area contributed by atoms with Crippen LogP contribution in [0.4, 0.5) is 11.4 Å². The molecule has 0 atom stereocenters. The number of likely N-dealkylation sites (N-methyl/N-ethyl adjacent to an activating group) is 1. The summed E-state index contributed by atoms with van der Waals surface area (Å²) < 4.78 is 5.24. The van der Waals surface area contributed by atoms with Gasteiger partial charge in [-0.1, -0.05) is 0 Å². The van der Waals surface area contributed by atoms with Crippen molar-refractivity contribution in [2.75, 3.05) is 43.4 Å². The maximum absolute atomic E-state index is 12.0. The van der Waals surface area contributed by atoms with Gasteiger partial charge in [0.1, 0.15) is 5.76 Å². The van der Waals surface area contributed by atoms with E-state index in [9.17, 15) is 4.79 Å². The lowest BCUT2D eigenvalue weighted by Crippen LogP contribution is -2.44. The lowest BCUT2D eigenvalue weighted by Gasteiger charge is -2.34. The number of nitrogens with one attached hydrogen (secondary N) is 1. The Morgan fingerprint density at radius 3 is 2.52 bits per heavy atom. The molecule has 2 heterocycles. The molecule has 1 fully saturated rings. The molecule has 2 aromatic rings. The number of hydrogen-bond acceptors (Lipinski definition) is 4. The minimum atomic E-state index is 0.00810. The summed E-state index contributed by atoms with van der Waals surface area (Å²) in [5, 5.41) is 2.93. The Labute approximate surface area is 136 Å². The van der Waals surface area contributed by atoms with Crippen LogP contribution < -0.4 is 10.2 Å². The van der Waals surface area contributed by atoms with Gasteiger partial charge < -0.3 is 19.5 Å². The fraction of sp³-hybridized carbons (Fsp3) is 0.389. The number of carbonyl (C=O) groups excluding carboxylic acids is 1. The fourth-order valence-electron chi connectivity index (χ4n) is 2.74. The Bertz CT molecular complexity index is 614. The monoisotopic (exact) mass is 313 g/mol. The first-order valence-corrected chi connectivity index (χ1v) is 8.06. The second-order valence-corrected chi connectivity index (χ2v) is 5.96. The zero-order valence-corrected chi connectivity index (χ0v) is 13.5. The van der Waals surface area contributed by atoms with E-state index in [4.69, 9.17) is 4.42 Å². The highest BCUT2D eigenvalue weighted by atomic mass is 16.3. The van der Waals surface area contributed by atoms with Gasteiger partial charge in [0, 0.05) is 50.4 Å². The molecule has 1 aromatic heterocycles. The molecular weight excluding hydrogens is 290 g/mol. The molecule has 1 aliphatic heterocycles. The van der Waals surface area contributed by atoms with Crippen LogP contribution in [0.5, 0.6) is 0 Å². The summed E-state index contributed by atoms with van der Waals surface area (Å²) in [7, 11) is 2.15. The van der Waals surface area contributed by atoms with Crippen molar-refractivity contribution in [3.63, 3.8) is 0 Å².